The molecule has 0 amide bonds. The van der Waals surface area contributed by atoms with Crippen LogP contribution in [0.5, 0.6) is 0 Å². The zero-order chi connectivity index (χ0) is 11.1. The van der Waals surface area contributed by atoms with Crippen molar-refractivity contribution in [2.75, 3.05) is 13.1 Å². The van der Waals surface area contributed by atoms with Crippen molar-refractivity contribution < 1.29 is 4.74 Å². The third kappa shape index (κ3) is 1.70. The fourth-order valence-corrected chi connectivity index (χ4v) is 3.23. The molecule has 2 atom stereocenters. The zero-order valence-corrected chi connectivity index (χ0v) is 11.1. The van der Waals surface area contributed by atoms with Gasteiger partial charge in [-0.2, -0.15) is 0 Å². The minimum absolute atomic E-state index is 0.367. The average Bonchev–Trinajstić information content (AvgIpc) is 2.33. The monoisotopic (exact) mass is 301 g/mol. The molecule has 4 heteroatoms. The van der Waals surface area contributed by atoms with Crippen LogP contribution in [0.2, 0.25) is 5.02 Å². The number of hydrogen-bond donors (Lipinski definition) is 1. The lowest BCUT2D eigenvalue weighted by atomic mass is 9.84. The number of hydrogen-bond acceptors (Lipinski definition) is 2. The Labute approximate surface area is 108 Å². The molecule has 0 radical (unpaired) electrons. The third-order valence-electron chi connectivity index (χ3n) is 3.49. The highest BCUT2D eigenvalue weighted by molar-refractivity contribution is 9.10. The van der Waals surface area contributed by atoms with E-state index < -0.39 is 0 Å². The van der Waals surface area contributed by atoms with Gasteiger partial charge in [0.2, 0.25) is 0 Å². The molecule has 1 fully saturated rings. The Morgan fingerprint density at radius 3 is 3.19 bits per heavy atom. The quantitative estimate of drug-likeness (QED) is 0.795. The highest BCUT2D eigenvalue weighted by Crippen LogP contribution is 2.39. The molecule has 2 heterocycles. The summed E-state index contributed by atoms with van der Waals surface area (Å²) in [5, 5.41) is 4.23. The Morgan fingerprint density at radius 2 is 2.31 bits per heavy atom. The van der Waals surface area contributed by atoms with Crippen molar-refractivity contribution in [2.45, 2.75) is 25.0 Å². The van der Waals surface area contributed by atoms with E-state index in [1.807, 2.05) is 6.07 Å². The van der Waals surface area contributed by atoms with Gasteiger partial charge in [-0.25, -0.2) is 0 Å². The number of fused-ring (bicyclic) bond motifs is 3. The maximum atomic E-state index is 6.30. The van der Waals surface area contributed by atoms with Gasteiger partial charge in [-0.1, -0.05) is 17.7 Å². The second-order valence-electron chi connectivity index (χ2n) is 4.38. The summed E-state index contributed by atoms with van der Waals surface area (Å²) in [5.74, 6) is 0.461. The first-order valence-corrected chi connectivity index (χ1v) is 6.73. The molecule has 86 valence electrons. The Bertz CT molecular complexity index is 424. The van der Waals surface area contributed by atoms with E-state index in [0.29, 0.717) is 18.6 Å². The minimum Gasteiger partial charge on any atom is -0.373 e. The number of benzene rings is 1. The lowest BCUT2D eigenvalue weighted by Crippen LogP contribution is -2.42. The summed E-state index contributed by atoms with van der Waals surface area (Å²) >= 11 is 9.75. The molecule has 1 aromatic carbocycles. The van der Waals surface area contributed by atoms with E-state index in [1.54, 1.807) is 0 Å². The predicted molar refractivity (Wildman–Crippen MR) is 68.0 cm³/mol. The zero-order valence-electron chi connectivity index (χ0n) is 8.80. The summed E-state index contributed by atoms with van der Waals surface area (Å²) in [6.45, 7) is 2.70. The summed E-state index contributed by atoms with van der Waals surface area (Å²) in [6, 6.07) is 4.22. The van der Waals surface area contributed by atoms with Crippen molar-refractivity contribution in [3.63, 3.8) is 0 Å². The first-order valence-electron chi connectivity index (χ1n) is 5.56. The Kier molecular flexibility index (Phi) is 2.96. The molecule has 2 aliphatic heterocycles. The van der Waals surface area contributed by atoms with E-state index in [-0.39, 0.29) is 0 Å². The molecule has 3 rings (SSSR count). The van der Waals surface area contributed by atoms with Crippen LogP contribution in [0, 0.1) is 0 Å². The molecule has 0 aromatic heterocycles. The van der Waals surface area contributed by atoms with Gasteiger partial charge < -0.3 is 10.1 Å². The maximum absolute atomic E-state index is 6.30. The van der Waals surface area contributed by atoms with Crippen molar-refractivity contribution >= 4 is 27.5 Å². The van der Waals surface area contributed by atoms with Crippen molar-refractivity contribution in [1.29, 1.82) is 0 Å². The molecule has 1 N–H and O–H groups in total. The van der Waals surface area contributed by atoms with Gasteiger partial charge in [-0.05, 0) is 40.5 Å². The van der Waals surface area contributed by atoms with Crippen LogP contribution in [0.4, 0.5) is 0 Å². The first-order chi connectivity index (χ1) is 7.77. The third-order valence-corrected chi connectivity index (χ3v) is 4.81. The molecule has 1 aromatic rings. The molecular formula is C12H13BrClNO. The van der Waals surface area contributed by atoms with E-state index in [1.165, 1.54) is 5.56 Å². The van der Waals surface area contributed by atoms with E-state index in [4.69, 9.17) is 16.3 Å². The van der Waals surface area contributed by atoms with Crippen LogP contribution in [0.1, 0.15) is 23.5 Å². The normalized spacial score (nSPS) is 28.4. The van der Waals surface area contributed by atoms with Gasteiger partial charge in [-0.3, -0.25) is 0 Å². The number of halogens is 2. The van der Waals surface area contributed by atoms with Crippen molar-refractivity contribution in [1.82, 2.24) is 5.32 Å². The van der Waals surface area contributed by atoms with Crippen LogP contribution in [-0.2, 0) is 11.3 Å². The summed E-state index contributed by atoms with van der Waals surface area (Å²) in [4.78, 5) is 0. The van der Waals surface area contributed by atoms with Crippen molar-refractivity contribution in [3.8, 4) is 0 Å². The molecule has 0 bridgehead atoms. The lowest BCUT2D eigenvalue weighted by molar-refractivity contribution is -0.00678. The van der Waals surface area contributed by atoms with Gasteiger partial charge in [0.1, 0.15) is 0 Å². The van der Waals surface area contributed by atoms with E-state index in [2.05, 4.69) is 27.3 Å². The van der Waals surface area contributed by atoms with Gasteiger partial charge >= 0.3 is 0 Å². The van der Waals surface area contributed by atoms with Crippen molar-refractivity contribution in [2.24, 2.45) is 0 Å². The summed E-state index contributed by atoms with van der Waals surface area (Å²) < 4.78 is 6.86. The van der Waals surface area contributed by atoms with Gasteiger partial charge in [0, 0.05) is 22.5 Å². The Hall–Kier alpha value is -0.0900. The highest BCUT2D eigenvalue weighted by atomic mass is 79.9. The second kappa shape index (κ2) is 4.30. The van der Waals surface area contributed by atoms with E-state index in [9.17, 15) is 0 Å². The molecule has 0 saturated carbocycles. The molecule has 2 aliphatic rings. The number of ether oxygens (including phenoxy) is 1. The van der Waals surface area contributed by atoms with Crippen molar-refractivity contribution in [3.05, 3.63) is 32.8 Å². The SMILES string of the molecule is Clc1c(Br)ccc2c1CO[C@@H]1CCNC[C@H]21. The molecule has 16 heavy (non-hydrogen) atoms. The van der Waals surface area contributed by atoms with Crippen LogP contribution < -0.4 is 5.32 Å². The second-order valence-corrected chi connectivity index (χ2v) is 5.61. The van der Waals surface area contributed by atoms with Crippen LogP contribution >= 0.6 is 27.5 Å². The van der Waals surface area contributed by atoms with Gasteiger partial charge in [0.15, 0.2) is 0 Å². The minimum atomic E-state index is 0.367. The number of rotatable bonds is 0. The van der Waals surface area contributed by atoms with Crippen LogP contribution in [0.3, 0.4) is 0 Å². The number of piperidine rings is 1. The fourth-order valence-electron chi connectivity index (χ4n) is 2.64. The lowest BCUT2D eigenvalue weighted by Gasteiger charge is -2.37. The fraction of sp³-hybridized carbons (Fsp3) is 0.500. The van der Waals surface area contributed by atoms with Crippen LogP contribution in [-0.4, -0.2) is 19.2 Å². The van der Waals surface area contributed by atoms with Gasteiger partial charge in [0.05, 0.1) is 17.7 Å². The first kappa shape index (κ1) is 11.0. The Morgan fingerprint density at radius 1 is 1.44 bits per heavy atom. The van der Waals surface area contributed by atoms with Crippen LogP contribution in [0.15, 0.2) is 16.6 Å². The molecule has 2 nitrogen and oxygen atoms in total. The molecule has 0 spiro atoms. The van der Waals surface area contributed by atoms with Gasteiger partial charge in [-0.15, -0.1) is 0 Å². The van der Waals surface area contributed by atoms with Gasteiger partial charge in [0.25, 0.3) is 0 Å². The standard InChI is InChI=1S/C12H13BrClNO/c13-10-2-1-7-8-5-15-4-3-11(8)16-6-9(7)12(10)14/h1-2,8,11,15H,3-6H2/t8-,11-/m1/s1. The van der Waals surface area contributed by atoms with Crippen LogP contribution in [0.25, 0.3) is 0 Å². The number of nitrogens with one attached hydrogen (secondary N) is 1. The highest BCUT2D eigenvalue weighted by Gasteiger charge is 2.33. The summed E-state index contributed by atoms with van der Waals surface area (Å²) in [7, 11) is 0. The summed E-state index contributed by atoms with van der Waals surface area (Å²) in [5.41, 5.74) is 2.51. The molecular weight excluding hydrogens is 289 g/mol. The largest absolute Gasteiger partial charge is 0.373 e. The van der Waals surface area contributed by atoms with E-state index >= 15 is 0 Å². The topological polar surface area (TPSA) is 21.3 Å². The van der Waals surface area contributed by atoms with E-state index in [0.717, 1.165) is 34.6 Å². The molecule has 0 aliphatic carbocycles. The average molecular weight is 303 g/mol. The Balaban J connectivity index is 2.05. The molecule has 1 saturated heterocycles. The summed E-state index contributed by atoms with van der Waals surface area (Å²) in [6.07, 6.45) is 1.46. The predicted octanol–water partition coefficient (Wildman–Crippen LogP) is 3.08. The maximum Gasteiger partial charge on any atom is 0.0738 e. The molecule has 0 unspecified atom stereocenters. The smallest absolute Gasteiger partial charge is 0.0738 e.